The van der Waals surface area contributed by atoms with Crippen molar-refractivity contribution < 1.29 is 4.42 Å². The van der Waals surface area contributed by atoms with Gasteiger partial charge in [0.1, 0.15) is 11.2 Å². The molecule has 0 saturated heterocycles. The van der Waals surface area contributed by atoms with Crippen molar-refractivity contribution in [1.82, 2.24) is 14.5 Å². The highest BCUT2D eigenvalue weighted by atomic mass is 16.3. The van der Waals surface area contributed by atoms with Gasteiger partial charge in [-0.15, -0.1) is 0 Å². The van der Waals surface area contributed by atoms with Gasteiger partial charge in [0.15, 0.2) is 0 Å². The van der Waals surface area contributed by atoms with Gasteiger partial charge in [0.25, 0.3) is 0 Å². The second kappa shape index (κ2) is 9.62. The summed E-state index contributed by atoms with van der Waals surface area (Å²) in [6.07, 6.45) is 0. The molecule has 0 atom stereocenters. The molecule has 46 heavy (non-hydrogen) atoms. The Balaban J connectivity index is 1.37. The lowest BCUT2D eigenvalue weighted by molar-refractivity contribution is 0.673. The van der Waals surface area contributed by atoms with Crippen LogP contribution in [-0.2, 0) is 0 Å². The minimum absolute atomic E-state index is 0.631. The van der Waals surface area contributed by atoms with Crippen molar-refractivity contribution in [3.05, 3.63) is 152 Å². The molecule has 0 aliphatic rings. The number of furan rings is 1. The molecule has 3 heterocycles. The van der Waals surface area contributed by atoms with E-state index in [4.69, 9.17) is 14.4 Å². The minimum atomic E-state index is 0.631. The van der Waals surface area contributed by atoms with E-state index in [1.54, 1.807) is 0 Å². The van der Waals surface area contributed by atoms with Crippen LogP contribution < -0.4 is 0 Å². The summed E-state index contributed by atoms with van der Waals surface area (Å²) in [5.74, 6) is 0.631. The average molecular weight is 588 g/mol. The molecule has 3 aromatic heterocycles. The molecule has 4 heteroatoms. The summed E-state index contributed by atoms with van der Waals surface area (Å²) < 4.78 is 8.87. The third-order valence-corrected chi connectivity index (χ3v) is 9.18. The lowest BCUT2D eigenvalue weighted by Gasteiger charge is -2.13. The van der Waals surface area contributed by atoms with Gasteiger partial charge in [0, 0.05) is 32.5 Å². The summed E-state index contributed by atoms with van der Waals surface area (Å²) >= 11 is 0. The summed E-state index contributed by atoms with van der Waals surface area (Å²) in [5.41, 5.74) is 9.02. The fourth-order valence-electron chi connectivity index (χ4n) is 7.19. The molecule has 0 amide bonds. The number of aromatic nitrogens is 3. The minimum Gasteiger partial charge on any atom is -0.455 e. The van der Waals surface area contributed by atoms with E-state index in [9.17, 15) is 0 Å². The van der Waals surface area contributed by atoms with Gasteiger partial charge in [0.05, 0.1) is 27.6 Å². The summed E-state index contributed by atoms with van der Waals surface area (Å²) in [5, 5.41) is 7.75. The van der Waals surface area contributed by atoms with Crippen molar-refractivity contribution >= 4 is 65.4 Å². The standard InChI is InChI=1S/C42H25N3O/c1-2-13-26(14-3-1)27-15-12-16-28(25-27)39-31-19-6-9-22-34(31)43-42(44-39)45-35-23-10-7-20-32(35)37-29-17-4-5-18-30(29)41-38(40(37)45)33-21-8-11-24-36(33)46-41/h1-25H. The molecular formula is C42H25N3O. The van der Waals surface area contributed by atoms with Crippen LogP contribution in [0.25, 0.3) is 93.8 Å². The zero-order valence-corrected chi connectivity index (χ0v) is 24.7. The number of hydrogen-bond acceptors (Lipinski definition) is 3. The van der Waals surface area contributed by atoms with Gasteiger partial charge in [-0.1, -0.05) is 127 Å². The first-order valence-electron chi connectivity index (χ1n) is 15.5. The van der Waals surface area contributed by atoms with E-state index < -0.39 is 0 Å². The first kappa shape index (κ1) is 25.1. The van der Waals surface area contributed by atoms with Crippen LogP contribution in [-0.4, -0.2) is 14.5 Å². The molecule has 0 aliphatic carbocycles. The number of hydrogen-bond donors (Lipinski definition) is 0. The van der Waals surface area contributed by atoms with Crippen molar-refractivity contribution in [2.45, 2.75) is 0 Å². The van der Waals surface area contributed by atoms with Crippen LogP contribution in [0.2, 0.25) is 0 Å². The number of fused-ring (bicyclic) bond motifs is 11. The predicted molar refractivity (Wildman–Crippen MR) is 190 cm³/mol. The molecule has 0 bridgehead atoms. The van der Waals surface area contributed by atoms with E-state index in [1.807, 2.05) is 24.3 Å². The second-order valence-corrected chi connectivity index (χ2v) is 11.8. The molecule has 0 spiro atoms. The SMILES string of the molecule is c1ccc(-c2cccc(-c3nc(-n4c5ccccc5c5c6ccccc6c6oc7ccccc7c6c54)nc4ccccc34)c2)cc1. The Hall–Kier alpha value is -6.26. The van der Waals surface area contributed by atoms with Crippen molar-refractivity contribution in [2.75, 3.05) is 0 Å². The van der Waals surface area contributed by atoms with Crippen LogP contribution in [0.15, 0.2) is 156 Å². The summed E-state index contributed by atoms with van der Waals surface area (Å²) in [7, 11) is 0. The molecule has 0 N–H and O–H groups in total. The van der Waals surface area contributed by atoms with Crippen molar-refractivity contribution in [1.29, 1.82) is 0 Å². The topological polar surface area (TPSA) is 43.9 Å². The lowest BCUT2D eigenvalue weighted by atomic mass is 9.99. The van der Waals surface area contributed by atoms with Crippen LogP contribution >= 0.6 is 0 Å². The molecule has 4 nitrogen and oxygen atoms in total. The molecule has 0 fully saturated rings. The third kappa shape index (κ3) is 3.55. The Bertz CT molecular complexity index is 2810. The van der Waals surface area contributed by atoms with Gasteiger partial charge in [-0.2, -0.15) is 0 Å². The third-order valence-electron chi connectivity index (χ3n) is 9.18. The Morgan fingerprint density at radius 3 is 1.98 bits per heavy atom. The molecule has 0 saturated carbocycles. The number of benzene rings is 7. The van der Waals surface area contributed by atoms with Crippen LogP contribution in [0.1, 0.15) is 0 Å². The summed E-state index contributed by atoms with van der Waals surface area (Å²) in [6.45, 7) is 0. The maximum absolute atomic E-state index is 6.63. The van der Waals surface area contributed by atoms with Gasteiger partial charge in [-0.25, -0.2) is 9.97 Å². The monoisotopic (exact) mass is 587 g/mol. The van der Waals surface area contributed by atoms with Gasteiger partial charge in [-0.3, -0.25) is 4.57 Å². The number of rotatable bonds is 3. The molecule has 10 aromatic rings. The predicted octanol–water partition coefficient (Wildman–Crippen LogP) is 11.1. The van der Waals surface area contributed by atoms with Crippen molar-refractivity contribution in [3.8, 4) is 28.3 Å². The molecular weight excluding hydrogens is 562 g/mol. The van der Waals surface area contributed by atoms with Gasteiger partial charge >= 0.3 is 0 Å². The zero-order valence-electron chi connectivity index (χ0n) is 24.7. The maximum atomic E-state index is 6.63. The number of para-hydroxylation sites is 3. The quantitative estimate of drug-likeness (QED) is 0.207. The maximum Gasteiger partial charge on any atom is 0.235 e. The lowest BCUT2D eigenvalue weighted by Crippen LogP contribution is -2.03. The van der Waals surface area contributed by atoms with Crippen LogP contribution in [0.4, 0.5) is 0 Å². The second-order valence-electron chi connectivity index (χ2n) is 11.8. The van der Waals surface area contributed by atoms with Crippen LogP contribution in [0, 0.1) is 0 Å². The van der Waals surface area contributed by atoms with Crippen LogP contribution in [0.3, 0.4) is 0 Å². The summed E-state index contributed by atoms with van der Waals surface area (Å²) in [4.78, 5) is 10.7. The summed E-state index contributed by atoms with van der Waals surface area (Å²) in [6, 6.07) is 52.9. The Kier molecular flexibility index (Phi) is 5.25. The van der Waals surface area contributed by atoms with E-state index in [0.717, 1.165) is 76.9 Å². The van der Waals surface area contributed by atoms with E-state index >= 15 is 0 Å². The van der Waals surface area contributed by atoms with E-state index in [-0.39, 0.29) is 0 Å². The first-order valence-corrected chi connectivity index (χ1v) is 15.5. The highest BCUT2D eigenvalue weighted by Gasteiger charge is 2.24. The Morgan fingerprint density at radius 2 is 1.11 bits per heavy atom. The van der Waals surface area contributed by atoms with E-state index in [2.05, 4.69) is 132 Å². The van der Waals surface area contributed by atoms with Crippen molar-refractivity contribution in [2.24, 2.45) is 0 Å². The zero-order chi connectivity index (χ0) is 30.2. The van der Waals surface area contributed by atoms with Gasteiger partial charge < -0.3 is 4.42 Å². The normalized spacial score (nSPS) is 11.9. The fraction of sp³-hybridized carbons (Fsp3) is 0. The molecule has 214 valence electrons. The Morgan fingerprint density at radius 1 is 0.457 bits per heavy atom. The smallest absolute Gasteiger partial charge is 0.235 e. The largest absolute Gasteiger partial charge is 0.455 e. The van der Waals surface area contributed by atoms with Crippen molar-refractivity contribution in [3.63, 3.8) is 0 Å². The average Bonchev–Trinajstić information content (AvgIpc) is 3.68. The number of nitrogens with zero attached hydrogens (tertiary/aromatic N) is 3. The highest BCUT2D eigenvalue weighted by Crippen LogP contribution is 2.45. The first-order chi connectivity index (χ1) is 22.8. The van der Waals surface area contributed by atoms with Gasteiger partial charge in [0.2, 0.25) is 5.95 Å². The molecule has 0 radical (unpaired) electrons. The van der Waals surface area contributed by atoms with Gasteiger partial charge in [-0.05, 0) is 40.8 Å². The molecule has 0 aliphatic heterocycles. The van der Waals surface area contributed by atoms with E-state index in [1.165, 1.54) is 10.9 Å². The molecule has 0 unspecified atom stereocenters. The highest BCUT2D eigenvalue weighted by molar-refractivity contribution is 6.35. The molecule has 7 aromatic carbocycles. The van der Waals surface area contributed by atoms with E-state index in [0.29, 0.717) is 5.95 Å². The molecule has 10 rings (SSSR count). The van der Waals surface area contributed by atoms with Crippen LogP contribution in [0.5, 0.6) is 0 Å². The fourth-order valence-corrected chi connectivity index (χ4v) is 7.19. The Labute approximate surface area is 263 Å².